The van der Waals surface area contributed by atoms with E-state index in [1.54, 1.807) is 18.7 Å². The van der Waals surface area contributed by atoms with Crippen LogP contribution in [0.1, 0.15) is 48.4 Å². The Kier molecular flexibility index (Phi) is 5.00. The SMILES string of the molecule is Cc1c(C(C#N)c2cccc3ccccc23)nc(SC2CCCC2)[nH]c1=O. The number of rotatable bonds is 4. The Morgan fingerprint density at radius 3 is 2.70 bits per heavy atom. The van der Waals surface area contributed by atoms with E-state index < -0.39 is 5.92 Å². The second-order valence-electron chi connectivity index (χ2n) is 7.04. The van der Waals surface area contributed by atoms with Crippen LogP contribution >= 0.6 is 11.8 Å². The topological polar surface area (TPSA) is 69.5 Å². The first-order valence-electron chi connectivity index (χ1n) is 9.32. The van der Waals surface area contributed by atoms with Gasteiger partial charge in [-0.2, -0.15) is 5.26 Å². The number of nitriles is 1. The third-order valence-corrected chi connectivity index (χ3v) is 6.51. The summed E-state index contributed by atoms with van der Waals surface area (Å²) in [5, 5.41) is 13.2. The van der Waals surface area contributed by atoms with Gasteiger partial charge in [-0.15, -0.1) is 0 Å². The van der Waals surface area contributed by atoms with Crippen molar-refractivity contribution < 1.29 is 0 Å². The molecule has 2 aromatic carbocycles. The van der Waals surface area contributed by atoms with Crippen LogP contribution in [-0.2, 0) is 0 Å². The summed E-state index contributed by atoms with van der Waals surface area (Å²) in [6, 6.07) is 16.4. The summed E-state index contributed by atoms with van der Waals surface area (Å²) in [5.74, 6) is -0.568. The van der Waals surface area contributed by atoms with E-state index in [1.165, 1.54) is 12.8 Å². The van der Waals surface area contributed by atoms with Crippen LogP contribution in [0.5, 0.6) is 0 Å². The van der Waals surface area contributed by atoms with E-state index in [0.717, 1.165) is 29.2 Å². The fourth-order valence-corrected chi connectivity index (χ4v) is 5.00. The lowest BCUT2D eigenvalue weighted by Gasteiger charge is -2.16. The lowest BCUT2D eigenvalue weighted by molar-refractivity contribution is 0.817. The van der Waals surface area contributed by atoms with E-state index in [1.807, 2.05) is 42.5 Å². The van der Waals surface area contributed by atoms with Crippen molar-refractivity contribution in [1.82, 2.24) is 9.97 Å². The molecule has 0 radical (unpaired) electrons. The average Bonchev–Trinajstić information content (AvgIpc) is 3.19. The van der Waals surface area contributed by atoms with Crippen molar-refractivity contribution in [3.05, 3.63) is 69.6 Å². The third kappa shape index (κ3) is 3.50. The van der Waals surface area contributed by atoms with Crippen molar-refractivity contribution in [3.63, 3.8) is 0 Å². The minimum atomic E-state index is -0.568. The molecule has 1 aromatic heterocycles. The Bertz CT molecular complexity index is 1070. The largest absolute Gasteiger partial charge is 0.301 e. The van der Waals surface area contributed by atoms with Crippen molar-refractivity contribution in [1.29, 1.82) is 5.26 Å². The van der Waals surface area contributed by atoms with Crippen LogP contribution in [0.25, 0.3) is 10.8 Å². The normalized spacial score (nSPS) is 15.7. The van der Waals surface area contributed by atoms with E-state index in [-0.39, 0.29) is 5.56 Å². The van der Waals surface area contributed by atoms with Crippen LogP contribution in [-0.4, -0.2) is 15.2 Å². The van der Waals surface area contributed by atoms with Crippen molar-refractivity contribution in [3.8, 4) is 6.07 Å². The van der Waals surface area contributed by atoms with Crippen LogP contribution in [0.15, 0.2) is 52.4 Å². The van der Waals surface area contributed by atoms with Crippen LogP contribution in [0, 0.1) is 18.3 Å². The number of nitrogens with one attached hydrogen (secondary N) is 1. The highest BCUT2D eigenvalue weighted by Crippen LogP contribution is 2.35. The number of hydrogen-bond donors (Lipinski definition) is 1. The van der Waals surface area contributed by atoms with Gasteiger partial charge in [0.25, 0.3) is 5.56 Å². The molecule has 1 unspecified atom stereocenters. The molecule has 1 aliphatic carbocycles. The molecule has 0 amide bonds. The molecule has 0 bridgehead atoms. The first kappa shape index (κ1) is 17.8. The maximum atomic E-state index is 12.5. The van der Waals surface area contributed by atoms with Crippen molar-refractivity contribution in [2.45, 2.75) is 48.9 Å². The van der Waals surface area contributed by atoms with Gasteiger partial charge in [0.1, 0.15) is 5.92 Å². The molecule has 1 saturated carbocycles. The highest BCUT2D eigenvalue weighted by molar-refractivity contribution is 7.99. The molecule has 4 nitrogen and oxygen atoms in total. The zero-order valence-electron chi connectivity index (χ0n) is 15.2. The number of nitrogens with zero attached hydrogens (tertiary/aromatic N) is 2. The summed E-state index contributed by atoms with van der Waals surface area (Å²) >= 11 is 1.64. The Hall–Kier alpha value is -2.58. The van der Waals surface area contributed by atoms with Crippen molar-refractivity contribution in [2.24, 2.45) is 0 Å². The molecule has 5 heteroatoms. The second kappa shape index (κ2) is 7.58. The molecule has 1 aliphatic rings. The Balaban J connectivity index is 1.81. The average molecular weight is 375 g/mol. The van der Waals surface area contributed by atoms with Gasteiger partial charge < -0.3 is 4.98 Å². The van der Waals surface area contributed by atoms with Crippen molar-refractivity contribution >= 4 is 22.5 Å². The maximum absolute atomic E-state index is 12.5. The summed E-state index contributed by atoms with van der Waals surface area (Å²) in [5.41, 5.74) is 1.83. The summed E-state index contributed by atoms with van der Waals surface area (Å²) in [6.07, 6.45) is 4.78. The standard InChI is InChI=1S/C22H21N3OS/c1-14-20(24-22(25-21(14)26)27-16-9-3-4-10-16)19(13-23)18-12-6-8-15-7-2-5-11-17(15)18/h2,5-8,11-12,16,19H,3-4,9-10H2,1H3,(H,24,25,26). The number of hydrogen-bond acceptors (Lipinski definition) is 4. The third-order valence-electron chi connectivity index (χ3n) is 5.28. The Labute approximate surface area is 162 Å². The minimum absolute atomic E-state index is 0.152. The number of benzene rings is 2. The molecule has 1 atom stereocenters. The van der Waals surface area contributed by atoms with Crippen LogP contribution in [0.2, 0.25) is 0 Å². The van der Waals surface area contributed by atoms with Crippen molar-refractivity contribution in [2.75, 3.05) is 0 Å². The predicted molar refractivity (Wildman–Crippen MR) is 109 cm³/mol. The molecule has 0 saturated heterocycles. The summed E-state index contributed by atoms with van der Waals surface area (Å²) in [4.78, 5) is 20.2. The van der Waals surface area contributed by atoms with E-state index in [2.05, 4.69) is 11.1 Å². The monoisotopic (exact) mass is 375 g/mol. The van der Waals surface area contributed by atoms with Gasteiger partial charge in [0.15, 0.2) is 5.16 Å². The molecule has 1 fully saturated rings. The van der Waals surface area contributed by atoms with Gasteiger partial charge in [0.05, 0.1) is 11.8 Å². The molecule has 4 rings (SSSR count). The fraction of sp³-hybridized carbons (Fsp3) is 0.318. The summed E-state index contributed by atoms with van der Waals surface area (Å²) in [7, 11) is 0. The van der Waals surface area contributed by atoms with E-state index >= 15 is 0 Å². The molecule has 0 aliphatic heterocycles. The van der Waals surface area contributed by atoms with E-state index in [4.69, 9.17) is 4.98 Å². The second-order valence-corrected chi connectivity index (χ2v) is 8.33. The number of aromatic amines is 1. The van der Waals surface area contributed by atoms with Gasteiger partial charge in [-0.05, 0) is 36.1 Å². The molecule has 0 spiro atoms. The molecule has 136 valence electrons. The zero-order valence-corrected chi connectivity index (χ0v) is 16.1. The quantitative estimate of drug-likeness (QED) is 0.657. The summed E-state index contributed by atoms with van der Waals surface area (Å²) < 4.78 is 0. The molecular formula is C22H21N3OS. The smallest absolute Gasteiger partial charge is 0.254 e. The lowest BCUT2D eigenvalue weighted by atomic mass is 9.90. The van der Waals surface area contributed by atoms with Gasteiger partial charge >= 0.3 is 0 Å². The number of aromatic nitrogens is 2. The highest BCUT2D eigenvalue weighted by Gasteiger charge is 2.24. The Morgan fingerprint density at radius 1 is 1.19 bits per heavy atom. The number of H-pyrrole nitrogens is 1. The molecule has 27 heavy (non-hydrogen) atoms. The fourth-order valence-electron chi connectivity index (χ4n) is 3.81. The van der Waals surface area contributed by atoms with E-state index in [0.29, 0.717) is 21.7 Å². The zero-order chi connectivity index (χ0) is 18.8. The van der Waals surface area contributed by atoms with Crippen LogP contribution < -0.4 is 5.56 Å². The van der Waals surface area contributed by atoms with Gasteiger partial charge in [-0.3, -0.25) is 4.79 Å². The summed E-state index contributed by atoms with van der Waals surface area (Å²) in [6.45, 7) is 1.75. The van der Waals surface area contributed by atoms with E-state index in [9.17, 15) is 10.1 Å². The molecule has 3 aromatic rings. The first-order valence-corrected chi connectivity index (χ1v) is 10.2. The molecule has 1 N–H and O–H groups in total. The highest BCUT2D eigenvalue weighted by atomic mass is 32.2. The predicted octanol–water partition coefficient (Wildman–Crippen LogP) is 4.92. The van der Waals surface area contributed by atoms with Crippen LogP contribution in [0.3, 0.4) is 0 Å². The molecular weight excluding hydrogens is 354 g/mol. The van der Waals surface area contributed by atoms with Crippen LogP contribution in [0.4, 0.5) is 0 Å². The maximum Gasteiger partial charge on any atom is 0.254 e. The molecule has 1 heterocycles. The Morgan fingerprint density at radius 2 is 1.93 bits per heavy atom. The minimum Gasteiger partial charge on any atom is -0.301 e. The van der Waals surface area contributed by atoms with Gasteiger partial charge in [0, 0.05) is 10.8 Å². The number of fused-ring (bicyclic) bond motifs is 1. The van der Waals surface area contributed by atoms with Gasteiger partial charge in [0.2, 0.25) is 0 Å². The lowest BCUT2D eigenvalue weighted by Crippen LogP contribution is -2.19. The van der Waals surface area contributed by atoms with Gasteiger partial charge in [-0.1, -0.05) is 67.1 Å². The van der Waals surface area contributed by atoms with Gasteiger partial charge in [-0.25, -0.2) is 4.98 Å². The first-order chi connectivity index (χ1) is 13.2. The number of thioether (sulfide) groups is 1.